The lowest BCUT2D eigenvalue weighted by Crippen LogP contribution is -2.21. The Labute approximate surface area is 101 Å². The van der Waals surface area contributed by atoms with Crippen LogP contribution in [0.2, 0.25) is 0 Å². The average Bonchev–Trinajstić information content (AvgIpc) is 2.83. The average molecular weight is 231 g/mol. The summed E-state index contributed by atoms with van der Waals surface area (Å²) in [4.78, 5) is 2.39. The van der Waals surface area contributed by atoms with Crippen LogP contribution < -0.4 is 16.4 Å². The zero-order valence-electron chi connectivity index (χ0n) is 9.71. The van der Waals surface area contributed by atoms with E-state index in [-0.39, 0.29) is 5.96 Å². The summed E-state index contributed by atoms with van der Waals surface area (Å²) in [7, 11) is 0. The third-order valence-corrected chi connectivity index (χ3v) is 2.74. The molecular weight excluding hydrogens is 214 g/mol. The maximum Gasteiger partial charge on any atom is 0.211 e. The molecule has 1 aliphatic rings. The maximum absolute atomic E-state index is 5.17. The fraction of sp³-hybridized carbons (Fsp3) is 0.333. The smallest absolute Gasteiger partial charge is 0.211 e. The lowest BCUT2D eigenvalue weighted by molar-refractivity contribution is 0.949. The molecule has 0 spiro atoms. The minimum absolute atomic E-state index is 0.0325. The summed E-state index contributed by atoms with van der Waals surface area (Å²) in [6, 6.07) is 8.23. The maximum atomic E-state index is 5.17. The van der Waals surface area contributed by atoms with E-state index in [0.29, 0.717) is 0 Å². The number of rotatable bonds is 3. The zero-order valence-corrected chi connectivity index (χ0v) is 9.71. The molecule has 1 aromatic rings. The van der Waals surface area contributed by atoms with Gasteiger partial charge >= 0.3 is 0 Å². The number of nitrogens with two attached hydrogens (primary N) is 2. The number of hydrogen-bond acceptors (Lipinski definition) is 3. The molecule has 0 radical (unpaired) electrons. The van der Waals surface area contributed by atoms with Crippen molar-refractivity contribution in [3.05, 3.63) is 29.8 Å². The first-order valence-electron chi connectivity index (χ1n) is 5.73. The van der Waals surface area contributed by atoms with Crippen molar-refractivity contribution in [1.82, 2.24) is 0 Å². The highest BCUT2D eigenvalue weighted by molar-refractivity contribution is 5.82. The van der Waals surface area contributed by atoms with Crippen molar-refractivity contribution in [1.29, 1.82) is 0 Å². The topological polar surface area (TPSA) is 80.0 Å². The fourth-order valence-corrected chi connectivity index (χ4v) is 1.91. The number of anilines is 1. The van der Waals surface area contributed by atoms with Crippen LogP contribution >= 0.6 is 0 Å². The van der Waals surface area contributed by atoms with Gasteiger partial charge in [0.1, 0.15) is 0 Å². The van der Waals surface area contributed by atoms with Crippen LogP contribution in [0.5, 0.6) is 0 Å². The van der Waals surface area contributed by atoms with E-state index in [1.165, 1.54) is 18.5 Å². The normalized spacial score (nSPS) is 15.4. The molecule has 0 bridgehead atoms. The van der Waals surface area contributed by atoms with Crippen molar-refractivity contribution < 1.29 is 0 Å². The van der Waals surface area contributed by atoms with Gasteiger partial charge in [-0.05, 0) is 30.5 Å². The monoisotopic (exact) mass is 231 g/mol. The summed E-state index contributed by atoms with van der Waals surface area (Å²) in [6.07, 6.45) is 4.20. The van der Waals surface area contributed by atoms with Gasteiger partial charge in [-0.3, -0.25) is 0 Å². The van der Waals surface area contributed by atoms with Gasteiger partial charge in [-0.15, -0.1) is 5.10 Å². The number of guanidine groups is 1. The second-order valence-corrected chi connectivity index (χ2v) is 4.06. The molecule has 0 unspecified atom stereocenters. The molecule has 1 heterocycles. The van der Waals surface area contributed by atoms with E-state index in [1.807, 2.05) is 12.1 Å². The molecule has 1 fully saturated rings. The van der Waals surface area contributed by atoms with E-state index >= 15 is 0 Å². The molecule has 0 amide bonds. The summed E-state index contributed by atoms with van der Waals surface area (Å²) >= 11 is 0. The Morgan fingerprint density at radius 2 is 1.76 bits per heavy atom. The van der Waals surface area contributed by atoms with Gasteiger partial charge in [0, 0.05) is 18.8 Å². The fourth-order valence-electron chi connectivity index (χ4n) is 1.91. The van der Waals surface area contributed by atoms with Crippen LogP contribution in [-0.2, 0) is 0 Å². The first-order chi connectivity index (χ1) is 8.25. The Bertz CT molecular complexity index is 411. The summed E-state index contributed by atoms with van der Waals surface area (Å²) < 4.78 is 0. The SMILES string of the molecule is NC(N)=NN=Cc1ccc(N2CCCC2)cc1. The van der Waals surface area contributed by atoms with Gasteiger partial charge in [0.15, 0.2) is 0 Å². The highest BCUT2D eigenvalue weighted by atomic mass is 15.3. The van der Waals surface area contributed by atoms with Crippen molar-refractivity contribution in [3.63, 3.8) is 0 Å². The minimum atomic E-state index is -0.0325. The van der Waals surface area contributed by atoms with Gasteiger partial charge in [-0.1, -0.05) is 12.1 Å². The summed E-state index contributed by atoms with van der Waals surface area (Å²) in [5.41, 5.74) is 12.6. The Morgan fingerprint density at radius 1 is 1.12 bits per heavy atom. The van der Waals surface area contributed by atoms with E-state index < -0.39 is 0 Å². The quantitative estimate of drug-likeness (QED) is 0.460. The highest BCUT2D eigenvalue weighted by Crippen LogP contribution is 2.19. The third-order valence-electron chi connectivity index (χ3n) is 2.74. The molecule has 5 heteroatoms. The third kappa shape index (κ3) is 3.21. The molecule has 2 rings (SSSR count). The molecule has 1 aliphatic heterocycles. The van der Waals surface area contributed by atoms with E-state index in [9.17, 15) is 0 Å². The van der Waals surface area contributed by atoms with Crippen LogP contribution in [0, 0.1) is 0 Å². The molecule has 0 aliphatic carbocycles. The van der Waals surface area contributed by atoms with Gasteiger partial charge in [-0.2, -0.15) is 5.10 Å². The molecule has 0 saturated carbocycles. The molecule has 5 nitrogen and oxygen atoms in total. The first kappa shape index (κ1) is 11.4. The summed E-state index contributed by atoms with van der Waals surface area (Å²) in [5.74, 6) is -0.0325. The molecule has 4 N–H and O–H groups in total. The Hall–Kier alpha value is -2.04. The molecule has 0 atom stereocenters. The van der Waals surface area contributed by atoms with Crippen LogP contribution in [0.3, 0.4) is 0 Å². The lowest BCUT2D eigenvalue weighted by Gasteiger charge is -2.17. The molecule has 17 heavy (non-hydrogen) atoms. The van der Waals surface area contributed by atoms with E-state index in [0.717, 1.165) is 18.7 Å². The lowest BCUT2D eigenvalue weighted by atomic mass is 10.2. The largest absolute Gasteiger partial charge is 0.372 e. The first-order valence-corrected chi connectivity index (χ1v) is 5.73. The number of benzene rings is 1. The predicted molar refractivity (Wildman–Crippen MR) is 71.3 cm³/mol. The molecule has 90 valence electrons. The van der Waals surface area contributed by atoms with Gasteiger partial charge in [0.2, 0.25) is 5.96 Å². The Morgan fingerprint density at radius 3 is 2.35 bits per heavy atom. The van der Waals surface area contributed by atoms with Crippen molar-refractivity contribution in [2.75, 3.05) is 18.0 Å². The van der Waals surface area contributed by atoms with Crippen molar-refractivity contribution in [2.45, 2.75) is 12.8 Å². The van der Waals surface area contributed by atoms with Crippen LogP contribution in [0.1, 0.15) is 18.4 Å². The van der Waals surface area contributed by atoms with Gasteiger partial charge in [-0.25, -0.2) is 0 Å². The van der Waals surface area contributed by atoms with Crippen molar-refractivity contribution in [3.8, 4) is 0 Å². The van der Waals surface area contributed by atoms with Crippen molar-refractivity contribution in [2.24, 2.45) is 21.7 Å². The highest BCUT2D eigenvalue weighted by Gasteiger charge is 2.11. The summed E-state index contributed by atoms with van der Waals surface area (Å²) in [6.45, 7) is 2.31. The Balaban J connectivity index is 2.02. The molecule has 0 aromatic heterocycles. The molecule has 1 aromatic carbocycles. The minimum Gasteiger partial charge on any atom is -0.372 e. The standard InChI is InChI=1S/C12H17N5/c13-12(14)16-15-9-10-3-5-11(6-4-10)17-7-1-2-8-17/h3-6,9H,1-2,7-8H2,(H4,13,14,16). The van der Waals surface area contributed by atoms with Crippen LogP contribution in [0.25, 0.3) is 0 Å². The van der Waals surface area contributed by atoms with E-state index in [1.54, 1.807) is 6.21 Å². The van der Waals surface area contributed by atoms with E-state index in [4.69, 9.17) is 11.5 Å². The van der Waals surface area contributed by atoms with Crippen LogP contribution in [0.15, 0.2) is 34.5 Å². The van der Waals surface area contributed by atoms with Crippen LogP contribution in [-0.4, -0.2) is 25.3 Å². The van der Waals surface area contributed by atoms with Gasteiger partial charge in [0.25, 0.3) is 0 Å². The number of nitrogens with zero attached hydrogens (tertiary/aromatic N) is 3. The molecular formula is C12H17N5. The summed E-state index contributed by atoms with van der Waals surface area (Å²) in [5, 5.41) is 7.32. The second kappa shape index (κ2) is 5.34. The van der Waals surface area contributed by atoms with Gasteiger partial charge < -0.3 is 16.4 Å². The van der Waals surface area contributed by atoms with Crippen molar-refractivity contribution >= 4 is 17.9 Å². The second-order valence-electron chi connectivity index (χ2n) is 4.06. The van der Waals surface area contributed by atoms with Gasteiger partial charge in [0.05, 0.1) is 6.21 Å². The van der Waals surface area contributed by atoms with E-state index in [2.05, 4.69) is 27.2 Å². The zero-order chi connectivity index (χ0) is 12.1. The predicted octanol–water partition coefficient (Wildman–Crippen LogP) is 0.894. The van der Waals surface area contributed by atoms with Crippen LogP contribution in [0.4, 0.5) is 5.69 Å². The molecule has 1 saturated heterocycles. The Kier molecular flexibility index (Phi) is 3.59. The number of hydrogen-bond donors (Lipinski definition) is 2.